The SMILES string of the molecule is CCCC(C)(NC(=O)Cc1cc(C)ccc1OC)C(=O)O. The Labute approximate surface area is 125 Å². The first kappa shape index (κ1) is 17.0. The van der Waals surface area contributed by atoms with E-state index >= 15 is 0 Å². The van der Waals surface area contributed by atoms with Gasteiger partial charge in [0.25, 0.3) is 0 Å². The molecule has 0 heterocycles. The number of ether oxygens (including phenoxy) is 1. The average Bonchev–Trinajstić information content (AvgIpc) is 2.38. The lowest BCUT2D eigenvalue weighted by molar-refractivity contribution is -0.147. The van der Waals surface area contributed by atoms with Crippen molar-refractivity contribution in [2.75, 3.05) is 7.11 Å². The molecule has 0 fully saturated rings. The summed E-state index contributed by atoms with van der Waals surface area (Å²) in [6, 6.07) is 5.58. The number of hydrogen-bond acceptors (Lipinski definition) is 3. The molecule has 0 saturated carbocycles. The highest BCUT2D eigenvalue weighted by atomic mass is 16.5. The summed E-state index contributed by atoms with van der Waals surface area (Å²) < 4.78 is 5.23. The van der Waals surface area contributed by atoms with Crippen molar-refractivity contribution in [3.05, 3.63) is 29.3 Å². The second-order valence-corrected chi connectivity index (χ2v) is 5.43. The molecule has 1 rings (SSSR count). The van der Waals surface area contributed by atoms with Crippen LogP contribution in [-0.4, -0.2) is 29.6 Å². The molecular formula is C16H23NO4. The fourth-order valence-electron chi connectivity index (χ4n) is 2.29. The van der Waals surface area contributed by atoms with Gasteiger partial charge >= 0.3 is 5.97 Å². The van der Waals surface area contributed by atoms with E-state index in [0.717, 1.165) is 11.1 Å². The van der Waals surface area contributed by atoms with Crippen molar-refractivity contribution < 1.29 is 19.4 Å². The Balaban J connectivity index is 2.86. The van der Waals surface area contributed by atoms with Crippen LogP contribution in [0.15, 0.2) is 18.2 Å². The molecule has 1 atom stereocenters. The smallest absolute Gasteiger partial charge is 0.329 e. The summed E-state index contributed by atoms with van der Waals surface area (Å²) in [6.45, 7) is 5.35. The number of carbonyl (C=O) groups excluding carboxylic acids is 1. The van der Waals surface area contributed by atoms with Crippen molar-refractivity contribution in [3.63, 3.8) is 0 Å². The van der Waals surface area contributed by atoms with Crippen LogP contribution in [0.2, 0.25) is 0 Å². The van der Waals surface area contributed by atoms with Crippen LogP contribution < -0.4 is 10.1 Å². The molecule has 21 heavy (non-hydrogen) atoms. The number of rotatable bonds is 7. The first-order chi connectivity index (χ1) is 9.82. The summed E-state index contributed by atoms with van der Waals surface area (Å²) in [5.74, 6) is -0.713. The van der Waals surface area contributed by atoms with Crippen LogP contribution in [-0.2, 0) is 16.0 Å². The van der Waals surface area contributed by atoms with Gasteiger partial charge in [-0.15, -0.1) is 0 Å². The second-order valence-electron chi connectivity index (χ2n) is 5.43. The first-order valence-electron chi connectivity index (χ1n) is 7.00. The number of aliphatic carboxylic acids is 1. The number of benzene rings is 1. The van der Waals surface area contributed by atoms with Gasteiger partial charge < -0.3 is 15.2 Å². The zero-order valence-corrected chi connectivity index (χ0v) is 13.0. The van der Waals surface area contributed by atoms with E-state index in [1.807, 2.05) is 26.0 Å². The molecule has 0 bridgehead atoms. The number of methoxy groups -OCH3 is 1. The van der Waals surface area contributed by atoms with Gasteiger partial charge in [-0.1, -0.05) is 31.0 Å². The van der Waals surface area contributed by atoms with Gasteiger partial charge in [0, 0.05) is 5.56 Å². The fraction of sp³-hybridized carbons (Fsp3) is 0.500. The van der Waals surface area contributed by atoms with Gasteiger partial charge in [-0.05, 0) is 26.3 Å². The molecule has 1 aromatic rings. The summed E-state index contributed by atoms with van der Waals surface area (Å²) in [6.07, 6.45) is 1.16. The van der Waals surface area contributed by atoms with E-state index in [1.54, 1.807) is 13.2 Å². The standard InChI is InChI=1S/C16H23NO4/c1-5-8-16(3,15(19)20)17-14(18)10-12-9-11(2)6-7-13(12)21-4/h6-7,9H,5,8,10H2,1-4H3,(H,17,18)(H,19,20). The van der Waals surface area contributed by atoms with Crippen molar-refractivity contribution >= 4 is 11.9 Å². The molecule has 0 aliphatic carbocycles. The molecule has 116 valence electrons. The number of hydrogen-bond donors (Lipinski definition) is 2. The number of aryl methyl sites for hydroxylation is 1. The fourth-order valence-corrected chi connectivity index (χ4v) is 2.29. The van der Waals surface area contributed by atoms with E-state index in [1.165, 1.54) is 6.92 Å². The molecular weight excluding hydrogens is 270 g/mol. The van der Waals surface area contributed by atoms with Crippen LogP contribution in [0.25, 0.3) is 0 Å². The van der Waals surface area contributed by atoms with E-state index in [0.29, 0.717) is 18.6 Å². The lowest BCUT2D eigenvalue weighted by Crippen LogP contribution is -2.52. The monoisotopic (exact) mass is 293 g/mol. The molecule has 5 heteroatoms. The Kier molecular flexibility index (Phi) is 5.76. The second kappa shape index (κ2) is 7.11. The van der Waals surface area contributed by atoms with Crippen molar-refractivity contribution in [2.24, 2.45) is 0 Å². The van der Waals surface area contributed by atoms with Crippen LogP contribution in [0.5, 0.6) is 5.75 Å². The van der Waals surface area contributed by atoms with Crippen molar-refractivity contribution in [1.29, 1.82) is 0 Å². The molecule has 0 aromatic heterocycles. The highest BCUT2D eigenvalue weighted by Gasteiger charge is 2.33. The van der Waals surface area contributed by atoms with Gasteiger partial charge in [-0.25, -0.2) is 4.79 Å². The summed E-state index contributed by atoms with van der Waals surface area (Å²) >= 11 is 0. The maximum Gasteiger partial charge on any atom is 0.329 e. The average molecular weight is 293 g/mol. The van der Waals surface area contributed by atoms with Gasteiger partial charge in [0.15, 0.2) is 0 Å². The van der Waals surface area contributed by atoms with Crippen molar-refractivity contribution in [1.82, 2.24) is 5.32 Å². The van der Waals surface area contributed by atoms with Gasteiger partial charge in [0.1, 0.15) is 11.3 Å². The number of carboxylic acids is 1. The zero-order valence-electron chi connectivity index (χ0n) is 13.0. The molecule has 0 spiro atoms. The van der Waals surface area contributed by atoms with Gasteiger partial charge in [0.2, 0.25) is 5.91 Å². The summed E-state index contributed by atoms with van der Waals surface area (Å²) in [5.41, 5.74) is 0.537. The maximum atomic E-state index is 12.2. The Morgan fingerprint density at radius 1 is 1.38 bits per heavy atom. The highest BCUT2D eigenvalue weighted by molar-refractivity contribution is 5.87. The van der Waals surface area contributed by atoms with E-state index in [2.05, 4.69) is 5.32 Å². The minimum Gasteiger partial charge on any atom is -0.496 e. The highest BCUT2D eigenvalue weighted by Crippen LogP contribution is 2.21. The van der Waals surface area contributed by atoms with E-state index in [-0.39, 0.29) is 12.3 Å². The Bertz CT molecular complexity index is 527. The molecule has 1 aromatic carbocycles. The maximum absolute atomic E-state index is 12.2. The third-order valence-electron chi connectivity index (χ3n) is 3.42. The topological polar surface area (TPSA) is 75.6 Å². The van der Waals surface area contributed by atoms with Gasteiger partial charge in [-0.3, -0.25) is 4.79 Å². The Hall–Kier alpha value is -2.04. The summed E-state index contributed by atoms with van der Waals surface area (Å²) in [5, 5.41) is 11.9. The van der Waals surface area contributed by atoms with E-state index in [9.17, 15) is 14.7 Å². The molecule has 5 nitrogen and oxygen atoms in total. The van der Waals surface area contributed by atoms with Crippen LogP contribution >= 0.6 is 0 Å². The third kappa shape index (κ3) is 4.48. The van der Waals surface area contributed by atoms with Crippen LogP contribution in [0, 0.1) is 6.92 Å². The first-order valence-corrected chi connectivity index (χ1v) is 7.00. The number of carbonyl (C=O) groups is 2. The Morgan fingerprint density at radius 2 is 2.05 bits per heavy atom. The molecule has 1 amide bonds. The minimum absolute atomic E-state index is 0.0947. The predicted molar refractivity (Wildman–Crippen MR) is 80.5 cm³/mol. The van der Waals surface area contributed by atoms with E-state index < -0.39 is 11.5 Å². The molecule has 2 N–H and O–H groups in total. The molecule has 0 aliphatic rings. The van der Waals surface area contributed by atoms with Crippen molar-refractivity contribution in [2.45, 2.75) is 45.6 Å². The lowest BCUT2D eigenvalue weighted by atomic mass is 9.95. The van der Waals surface area contributed by atoms with Crippen LogP contribution in [0.3, 0.4) is 0 Å². The van der Waals surface area contributed by atoms with Crippen LogP contribution in [0.4, 0.5) is 0 Å². The third-order valence-corrected chi connectivity index (χ3v) is 3.42. The molecule has 0 saturated heterocycles. The molecule has 0 aliphatic heterocycles. The number of nitrogens with one attached hydrogen (secondary N) is 1. The minimum atomic E-state index is -1.23. The lowest BCUT2D eigenvalue weighted by Gasteiger charge is -2.26. The predicted octanol–water partition coefficient (Wildman–Crippen LogP) is 2.31. The zero-order chi connectivity index (χ0) is 16.0. The van der Waals surface area contributed by atoms with E-state index in [4.69, 9.17) is 4.74 Å². The van der Waals surface area contributed by atoms with Crippen LogP contribution in [0.1, 0.15) is 37.8 Å². The molecule has 1 unspecified atom stereocenters. The van der Waals surface area contributed by atoms with Gasteiger partial charge in [0.05, 0.1) is 13.5 Å². The summed E-state index contributed by atoms with van der Waals surface area (Å²) in [4.78, 5) is 23.5. The number of amides is 1. The number of carboxylic acid groups (broad SMARTS) is 1. The normalized spacial score (nSPS) is 13.3. The van der Waals surface area contributed by atoms with Crippen molar-refractivity contribution in [3.8, 4) is 5.75 Å². The van der Waals surface area contributed by atoms with Gasteiger partial charge in [-0.2, -0.15) is 0 Å². The Morgan fingerprint density at radius 3 is 2.57 bits per heavy atom. The largest absolute Gasteiger partial charge is 0.496 e. The molecule has 0 radical (unpaired) electrons. The summed E-state index contributed by atoms with van der Waals surface area (Å²) in [7, 11) is 1.55. The quantitative estimate of drug-likeness (QED) is 0.809.